The molecular formula is C23H27FN2O4. The second-order valence-electron chi connectivity index (χ2n) is 7.61. The topological polar surface area (TPSA) is 67.9 Å². The summed E-state index contributed by atoms with van der Waals surface area (Å²) >= 11 is 0. The van der Waals surface area contributed by atoms with Crippen LogP contribution in [-0.2, 0) is 0 Å². The van der Waals surface area contributed by atoms with Crippen molar-refractivity contribution in [1.29, 1.82) is 0 Å². The number of halogens is 1. The molecule has 7 heteroatoms. The third kappa shape index (κ3) is 5.09. The third-order valence-corrected chi connectivity index (χ3v) is 5.02. The molecule has 0 bridgehead atoms. The van der Waals surface area contributed by atoms with Crippen LogP contribution in [0.2, 0.25) is 0 Å². The monoisotopic (exact) mass is 414 g/mol. The van der Waals surface area contributed by atoms with E-state index < -0.39 is 5.82 Å². The Morgan fingerprint density at radius 3 is 2.50 bits per heavy atom. The number of amides is 2. The first-order chi connectivity index (χ1) is 14.4. The van der Waals surface area contributed by atoms with Crippen LogP contribution in [0.25, 0.3) is 0 Å². The molecule has 0 aromatic heterocycles. The Labute approximate surface area is 176 Å². The number of rotatable bonds is 7. The molecule has 1 aliphatic rings. The quantitative estimate of drug-likeness (QED) is 0.751. The highest BCUT2D eigenvalue weighted by Crippen LogP contribution is 2.24. The second kappa shape index (κ2) is 9.61. The van der Waals surface area contributed by atoms with Crippen LogP contribution in [0.4, 0.5) is 4.39 Å². The summed E-state index contributed by atoms with van der Waals surface area (Å²) in [5.74, 6) is -0.166. The molecule has 1 N–H and O–H groups in total. The zero-order chi connectivity index (χ0) is 21.7. The SMILES string of the molecule is COc1ccc(C(=O)N2CCC[C@@H]2COc2ccc(C(=O)NC(C)C)cc2)cc1F. The Balaban J connectivity index is 1.60. The van der Waals surface area contributed by atoms with Gasteiger partial charge in [0.25, 0.3) is 11.8 Å². The summed E-state index contributed by atoms with van der Waals surface area (Å²) in [7, 11) is 1.39. The molecule has 0 saturated carbocycles. The smallest absolute Gasteiger partial charge is 0.254 e. The maximum absolute atomic E-state index is 14.0. The third-order valence-electron chi connectivity index (χ3n) is 5.02. The average molecular weight is 414 g/mol. The van der Waals surface area contributed by atoms with E-state index in [-0.39, 0.29) is 29.6 Å². The molecule has 30 heavy (non-hydrogen) atoms. The van der Waals surface area contributed by atoms with E-state index in [9.17, 15) is 14.0 Å². The minimum atomic E-state index is -0.558. The van der Waals surface area contributed by atoms with Gasteiger partial charge in [0.15, 0.2) is 11.6 Å². The van der Waals surface area contributed by atoms with Gasteiger partial charge in [-0.1, -0.05) is 0 Å². The molecule has 1 atom stereocenters. The fourth-order valence-electron chi connectivity index (χ4n) is 3.48. The number of carbonyl (C=O) groups excluding carboxylic acids is 2. The molecule has 1 aliphatic heterocycles. The van der Waals surface area contributed by atoms with Crippen molar-refractivity contribution in [3.05, 3.63) is 59.4 Å². The highest BCUT2D eigenvalue weighted by molar-refractivity contribution is 5.95. The first kappa shape index (κ1) is 21.6. The van der Waals surface area contributed by atoms with Gasteiger partial charge in [-0.3, -0.25) is 9.59 Å². The average Bonchev–Trinajstić information content (AvgIpc) is 3.20. The molecule has 1 saturated heterocycles. The van der Waals surface area contributed by atoms with E-state index in [1.165, 1.54) is 19.2 Å². The standard InChI is InChI=1S/C23H27FN2O4/c1-15(2)25-22(27)16-6-9-19(10-7-16)30-14-18-5-4-12-26(18)23(28)17-8-11-21(29-3)20(24)13-17/h6-11,13,15,18H,4-5,12,14H2,1-3H3,(H,25,27)/t18-/m1/s1. The van der Waals surface area contributed by atoms with Crippen molar-refractivity contribution >= 4 is 11.8 Å². The molecule has 3 rings (SSSR count). The van der Waals surface area contributed by atoms with E-state index in [4.69, 9.17) is 9.47 Å². The Morgan fingerprint density at radius 1 is 1.17 bits per heavy atom. The zero-order valence-corrected chi connectivity index (χ0v) is 17.5. The maximum Gasteiger partial charge on any atom is 0.254 e. The zero-order valence-electron chi connectivity index (χ0n) is 17.5. The van der Waals surface area contributed by atoms with Crippen molar-refractivity contribution in [3.63, 3.8) is 0 Å². The molecule has 1 fully saturated rings. The van der Waals surface area contributed by atoms with E-state index >= 15 is 0 Å². The molecule has 0 aliphatic carbocycles. The van der Waals surface area contributed by atoms with Gasteiger partial charge in [0.1, 0.15) is 12.4 Å². The van der Waals surface area contributed by atoms with Gasteiger partial charge in [-0.2, -0.15) is 0 Å². The molecule has 1 heterocycles. The first-order valence-electron chi connectivity index (χ1n) is 10.1. The van der Waals surface area contributed by atoms with E-state index in [0.29, 0.717) is 30.0 Å². The van der Waals surface area contributed by atoms with Gasteiger partial charge in [-0.25, -0.2) is 4.39 Å². The minimum Gasteiger partial charge on any atom is -0.494 e. The van der Waals surface area contributed by atoms with E-state index in [1.807, 2.05) is 13.8 Å². The summed E-state index contributed by atoms with van der Waals surface area (Å²) in [6.07, 6.45) is 1.69. The van der Waals surface area contributed by atoms with Crippen molar-refractivity contribution < 1.29 is 23.5 Å². The van der Waals surface area contributed by atoms with Crippen molar-refractivity contribution in [2.45, 2.75) is 38.8 Å². The Hall–Kier alpha value is -3.09. The molecule has 160 valence electrons. The van der Waals surface area contributed by atoms with Gasteiger partial charge in [0.05, 0.1) is 13.2 Å². The lowest BCUT2D eigenvalue weighted by Gasteiger charge is -2.25. The van der Waals surface area contributed by atoms with E-state index in [0.717, 1.165) is 12.8 Å². The number of nitrogens with one attached hydrogen (secondary N) is 1. The summed E-state index contributed by atoms with van der Waals surface area (Å²) in [5, 5.41) is 2.84. The second-order valence-corrected chi connectivity index (χ2v) is 7.61. The minimum absolute atomic E-state index is 0.0680. The highest BCUT2D eigenvalue weighted by atomic mass is 19.1. The van der Waals surface area contributed by atoms with Crippen LogP contribution in [-0.4, -0.2) is 49.1 Å². The van der Waals surface area contributed by atoms with Gasteiger partial charge in [0.2, 0.25) is 0 Å². The fourth-order valence-corrected chi connectivity index (χ4v) is 3.48. The van der Waals surface area contributed by atoms with Crippen LogP contribution in [0.15, 0.2) is 42.5 Å². The number of nitrogens with zero attached hydrogens (tertiary/aromatic N) is 1. The van der Waals surface area contributed by atoms with Gasteiger partial charge < -0.3 is 19.7 Å². The fraction of sp³-hybridized carbons (Fsp3) is 0.391. The van der Waals surface area contributed by atoms with E-state index in [2.05, 4.69) is 5.32 Å². The largest absolute Gasteiger partial charge is 0.494 e. The van der Waals surface area contributed by atoms with Crippen LogP contribution in [0.1, 0.15) is 47.4 Å². The Kier molecular flexibility index (Phi) is 6.92. The van der Waals surface area contributed by atoms with Crippen LogP contribution < -0.4 is 14.8 Å². The molecule has 0 unspecified atom stereocenters. The van der Waals surface area contributed by atoms with Gasteiger partial charge in [-0.15, -0.1) is 0 Å². The first-order valence-corrected chi connectivity index (χ1v) is 10.1. The summed E-state index contributed by atoms with van der Waals surface area (Å²) in [6.45, 7) is 4.76. The number of hydrogen-bond acceptors (Lipinski definition) is 4. The van der Waals surface area contributed by atoms with Gasteiger partial charge >= 0.3 is 0 Å². The maximum atomic E-state index is 14.0. The van der Waals surface area contributed by atoms with Crippen LogP contribution in [0.5, 0.6) is 11.5 Å². The predicted octanol–water partition coefficient (Wildman–Crippen LogP) is 3.66. The molecule has 0 spiro atoms. The van der Waals surface area contributed by atoms with Crippen molar-refractivity contribution in [1.82, 2.24) is 10.2 Å². The number of ether oxygens (including phenoxy) is 2. The van der Waals surface area contributed by atoms with Crippen molar-refractivity contribution in [3.8, 4) is 11.5 Å². The number of benzene rings is 2. The van der Waals surface area contributed by atoms with Crippen molar-refractivity contribution in [2.75, 3.05) is 20.3 Å². The lowest BCUT2D eigenvalue weighted by atomic mass is 10.1. The van der Waals surface area contributed by atoms with E-state index in [1.54, 1.807) is 35.2 Å². The Bertz CT molecular complexity index is 899. The van der Waals surface area contributed by atoms with Crippen LogP contribution in [0.3, 0.4) is 0 Å². The number of carbonyl (C=O) groups is 2. The van der Waals surface area contributed by atoms with Crippen LogP contribution >= 0.6 is 0 Å². The summed E-state index contributed by atoms with van der Waals surface area (Å²) in [5.41, 5.74) is 0.857. The summed E-state index contributed by atoms with van der Waals surface area (Å²) in [6, 6.07) is 11.1. The molecule has 2 amide bonds. The normalized spacial score (nSPS) is 15.9. The van der Waals surface area contributed by atoms with Crippen LogP contribution in [0, 0.1) is 5.82 Å². The molecule has 2 aromatic carbocycles. The number of methoxy groups -OCH3 is 1. The molecule has 0 radical (unpaired) electrons. The lowest BCUT2D eigenvalue weighted by molar-refractivity contribution is 0.0690. The lowest BCUT2D eigenvalue weighted by Crippen LogP contribution is -2.39. The summed E-state index contributed by atoms with van der Waals surface area (Å²) < 4.78 is 24.7. The molecular weight excluding hydrogens is 387 g/mol. The molecule has 6 nitrogen and oxygen atoms in total. The van der Waals surface area contributed by atoms with Crippen molar-refractivity contribution in [2.24, 2.45) is 0 Å². The predicted molar refractivity (Wildman–Crippen MR) is 112 cm³/mol. The number of likely N-dealkylation sites (tertiary alicyclic amines) is 1. The van der Waals surface area contributed by atoms with Gasteiger partial charge in [0, 0.05) is 23.7 Å². The highest BCUT2D eigenvalue weighted by Gasteiger charge is 2.30. The number of hydrogen-bond donors (Lipinski definition) is 1. The summed E-state index contributed by atoms with van der Waals surface area (Å²) in [4.78, 5) is 26.6. The Morgan fingerprint density at radius 2 is 1.87 bits per heavy atom. The van der Waals surface area contributed by atoms with Gasteiger partial charge in [-0.05, 0) is 69.2 Å². The molecule has 2 aromatic rings.